The fourth-order valence-corrected chi connectivity index (χ4v) is 4.98. The molecule has 0 unspecified atom stereocenters. The standard InChI is InChI=1S/C28H24F3N3O6/c1-13-23(36)21(18(35)10-11-33(4)5)25-22(24(13)37)27(3)19(39-25)12-17-20(26(27)38)14(2)32-34(17)15-6-8-16(9-7-15)40-28(29,30)31/h6-12,36-37H,1-5H3/t27-/m0/s1. The molecule has 0 spiro atoms. The molecule has 0 amide bonds. The number of aromatic hydroxyl groups is 2. The van der Waals surface area contributed by atoms with Gasteiger partial charge in [0.25, 0.3) is 0 Å². The lowest BCUT2D eigenvalue weighted by molar-refractivity contribution is -0.274. The Hall–Kier alpha value is -4.74. The number of phenols is 2. The number of fused-ring (bicyclic) bond motifs is 4. The molecule has 1 aromatic heterocycles. The maximum absolute atomic E-state index is 14.1. The Kier molecular flexibility index (Phi) is 5.97. The predicted octanol–water partition coefficient (Wildman–Crippen LogP) is 4.94. The maximum Gasteiger partial charge on any atom is 0.573 e. The molecule has 0 bridgehead atoms. The number of rotatable bonds is 5. The van der Waals surface area contributed by atoms with Gasteiger partial charge in [0.05, 0.1) is 28.2 Å². The van der Waals surface area contributed by atoms with Crippen molar-refractivity contribution in [3.05, 3.63) is 75.9 Å². The highest BCUT2D eigenvalue weighted by Gasteiger charge is 2.55. The number of halogens is 3. The fourth-order valence-electron chi connectivity index (χ4n) is 4.98. The van der Waals surface area contributed by atoms with Crippen molar-refractivity contribution in [1.29, 1.82) is 0 Å². The normalized spacial score (nSPS) is 17.7. The Balaban J connectivity index is 1.66. The second kappa shape index (κ2) is 8.90. The molecule has 12 heteroatoms. The van der Waals surface area contributed by atoms with Crippen LogP contribution >= 0.6 is 0 Å². The van der Waals surface area contributed by atoms with Gasteiger partial charge < -0.3 is 24.6 Å². The summed E-state index contributed by atoms with van der Waals surface area (Å²) in [5, 5.41) is 26.3. The van der Waals surface area contributed by atoms with Gasteiger partial charge in [-0.25, -0.2) is 4.68 Å². The molecule has 40 heavy (non-hydrogen) atoms. The Morgan fingerprint density at radius 3 is 2.40 bits per heavy atom. The molecule has 0 fully saturated rings. The Bertz CT molecular complexity index is 1650. The van der Waals surface area contributed by atoms with Crippen LogP contribution in [0.2, 0.25) is 0 Å². The molecule has 1 aliphatic heterocycles. The third-order valence-corrected chi connectivity index (χ3v) is 6.97. The van der Waals surface area contributed by atoms with E-state index in [0.29, 0.717) is 17.1 Å². The van der Waals surface area contributed by atoms with Gasteiger partial charge in [-0.3, -0.25) is 9.59 Å². The number of aromatic nitrogens is 2. The van der Waals surface area contributed by atoms with E-state index in [1.807, 2.05) is 0 Å². The highest BCUT2D eigenvalue weighted by molar-refractivity contribution is 6.16. The number of nitrogens with zero attached hydrogens (tertiary/aromatic N) is 3. The monoisotopic (exact) mass is 555 g/mol. The van der Waals surface area contributed by atoms with Crippen molar-refractivity contribution < 1.29 is 42.4 Å². The van der Waals surface area contributed by atoms with Crippen molar-refractivity contribution in [2.75, 3.05) is 14.1 Å². The van der Waals surface area contributed by atoms with Crippen LogP contribution in [0, 0.1) is 13.8 Å². The van der Waals surface area contributed by atoms with Crippen LogP contribution in [0.25, 0.3) is 11.8 Å². The van der Waals surface area contributed by atoms with Crippen LogP contribution in [0.5, 0.6) is 23.0 Å². The zero-order valence-electron chi connectivity index (χ0n) is 22.0. The first-order valence-electron chi connectivity index (χ1n) is 12.0. The summed E-state index contributed by atoms with van der Waals surface area (Å²) < 4.78 is 49.1. The van der Waals surface area contributed by atoms with E-state index in [0.717, 1.165) is 12.1 Å². The fraction of sp³-hybridized carbons (Fsp3) is 0.250. The zero-order valence-corrected chi connectivity index (χ0v) is 22.0. The van der Waals surface area contributed by atoms with E-state index in [2.05, 4.69) is 9.84 Å². The molecular formula is C28H24F3N3O6. The van der Waals surface area contributed by atoms with Crippen LogP contribution in [-0.4, -0.2) is 56.9 Å². The van der Waals surface area contributed by atoms with Gasteiger partial charge in [-0.05, 0) is 45.0 Å². The molecule has 1 aliphatic carbocycles. The lowest BCUT2D eigenvalue weighted by Gasteiger charge is -2.27. The third-order valence-electron chi connectivity index (χ3n) is 6.97. The summed E-state index contributed by atoms with van der Waals surface area (Å²) in [6, 6.07) is 4.96. The minimum atomic E-state index is -4.85. The number of ether oxygens (including phenoxy) is 2. The number of allylic oxidation sites excluding steroid dienone is 2. The summed E-state index contributed by atoms with van der Waals surface area (Å²) in [6.07, 6.45) is -0.589. The van der Waals surface area contributed by atoms with Crippen LogP contribution < -0.4 is 9.47 Å². The number of carbonyl (C=O) groups is 2. The molecule has 0 saturated heterocycles. The van der Waals surface area contributed by atoms with Gasteiger partial charge in [-0.1, -0.05) is 0 Å². The van der Waals surface area contributed by atoms with Crippen molar-refractivity contribution >= 4 is 17.6 Å². The highest BCUT2D eigenvalue weighted by atomic mass is 19.4. The molecule has 0 radical (unpaired) electrons. The van der Waals surface area contributed by atoms with E-state index in [-0.39, 0.29) is 39.5 Å². The van der Waals surface area contributed by atoms with Crippen LogP contribution in [0.3, 0.4) is 0 Å². The smallest absolute Gasteiger partial charge is 0.507 e. The van der Waals surface area contributed by atoms with E-state index < -0.39 is 34.8 Å². The SMILES string of the molecule is Cc1nn(-c2ccc(OC(F)(F)F)cc2)c2c1C(=O)[C@@]1(C)C(=C2)Oc2c(C(=O)C=CN(C)C)c(O)c(C)c(O)c21. The van der Waals surface area contributed by atoms with E-state index in [4.69, 9.17) is 4.74 Å². The van der Waals surface area contributed by atoms with Crippen LogP contribution in [0.15, 0.2) is 42.3 Å². The number of hydrogen-bond donors (Lipinski definition) is 2. The average Bonchev–Trinajstić information content (AvgIpc) is 3.35. The minimum Gasteiger partial charge on any atom is -0.507 e. The number of hydrogen-bond acceptors (Lipinski definition) is 8. The second-order valence-electron chi connectivity index (χ2n) is 9.91. The van der Waals surface area contributed by atoms with Gasteiger partial charge in [0.2, 0.25) is 0 Å². The lowest BCUT2D eigenvalue weighted by Crippen LogP contribution is -2.36. The summed E-state index contributed by atoms with van der Waals surface area (Å²) in [6.45, 7) is 4.59. The molecule has 9 nitrogen and oxygen atoms in total. The van der Waals surface area contributed by atoms with Gasteiger partial charge in [0, 0.05) is 38.0 Å². The Labute approximate surface area is 226 Å². The Morgan fingerprint density at radius 2 is 1.80 bits per heavy atom. The number of Topliss-reactive ketones (excluding diaryl/α,β-unsaturated/α-hetero) is 1. The van der Waals surface area contributed by atoms with Gasteiger partial charge in [0.1, 0.15) is 39.7 Å². The summed E-state index contributed by atoms with van der Waals surface area (Å²) in [5.74, 6) is -2.38. The minimum absolute atomic E-state index is 0.0126. The van der Waals surface area contributed by atoms with Gasteiger partial charge in [-0.15, -0.1) is 13.2 Å². The van der Waals surface area contributed by atoms with E-state index in [1.54, 1.807) is 32.8 Å². The summed E-state index contributed by atoms with van der Waals surface area (Å²) in [5.41, 5.74) is -0.490. The number of aryl methyl sites for hydroxylation is 1. The van der Waals surface area contributed by atoms with Gasteiger partial charge >= 0.3 is 6.36 Å². The van der Waals surface area contributed by atoms with Crippen molar-refractivity contribution in [3.63, 3.8) is 0 Å². The quantitative estimate of drug-likeness (QED) is 0.336. The molecule has 0 saturated carbocycles. The van der Waals surface area contributed by atoms with E-state index in [9.17, 15) is 33.0 Å². The van der Waals surface area contributed by atoms with Gasteiger partial charge in [-0.2, -0.15) is 5.10 Å². The summed E-state index contributed by atoms with van der Waals surface area (Å²) >= 11 is 0. The van der Waals surface area contributed by atoms with Crippen LogP contribution in [-0.2, 0) is 5.41 Å². The van der Waals surface area contributed by atoms with Crippen molar-refractivity contribution in [1.82, 2.24) is 14.7 Å². The molecule has 2 N–H and O–H groups in total. The lowest BCUT2D eigenvalue weighted by atomic mass is 9.71. The number of ketones is 2. The first-order valence-corrected chi connectivity index (χ1v) is 12.0. The number of benzene rings is 2. The summed E-state index contributed by atoms with van der Waals surface area (Å²) in [4.78, 5) is 28.9. The number of carbonyl (C=O) groups excluding carboxylic acids is 2. The second-order valence-corrected chi connectivity index (χ2v) is 9.91. The molecule has 1 atom stereocenters. The molecule has 2 aliphatic rings. The predicted molar refractivity (Wildman–Crippen MR) is 137 cm³/mol. The van der Waals surface area contributed by atoms with Crippen LogP contribution in [0.1, 0.15) is 50.2 Å². The van der Waals surface area contributed by atoms with Crippen molar-refractivity contribution in [3.8, 4) is 28.7 Å². The number of alkyl halides is 3. The topological polar surface area (TPSA) is 114 Å². The molecule has 5 rings (SSSR count). The first kappa shape index (κ1) is 26.9. The third kappa shape index (κ3) is 3.98. The Morgan fingerprint density at radius 1 is 1.15 bits per heavy atom. The first-order chi connectivity index (χ1) is 18.6. The van der Waals surface area contributed by atoms with Crippen molar-refractivity contribution in [2.24, 2.45) is 0 Å². The van der Waals surface area contributed by atoms with Crippen LogP contribution in [0.4, 0.5) is 13.2 Å². The van der Waals surface area contributed by atoms with E-state index >= 15 is 0 Å². The van der Waals surface area contributed by atoms with Gasteiger partial charge in [0.15, 0.2) is 11.6 Å². The molecule has 3 aromatic rings. The maximum atomic E-state index is 14.1. The zero-order chi connectivity index (χ0) is 29.3. The van der Waals surface area contributed by atoms with E-state index in [1.165, 1.54) is 42.1 Å². The molecule has 208 valence electrons. The summed E-state index contributed by atoms with van der Waals surface area (Å²) in [7, 11) is 3.43. The number of phenolic OH excluding ortho intramolecular Hbond substituents is 2. The molecule has 2 aromatic carbocycles. The highest BCUT2D eigenvalue weighted by Crippen LogP contribution is 2.58. The molecule has 2 heterocycles. The average molecular weight is 556 g/mol. The molecular weight excluding hydrogens is 531 g/mol. The van der Waals surface area contributed by atoms with Crippen molar-refractivity contribution in [2.45, 2.75) is 32.5 Å². The largest absolute Gasteiger partial charge is 0.573 e.